The summed E-state index contributed by atoms with van der Waals surface area (Å²) in [7, 11) is 0. The number of aromatic nitrogens is 4. The number of hydrogen-bond acceptors (Lipinski definition) is 7. The summed E-state index contributed by atoms with van der Waals surface area (Å²) in [5.41, 5.74) is 0. The molecule has 0 unspecified atom stereocenters. The van der Waals surface area contributed by atoms with Crippen molar-refractivity contribution in [3.8, 4) is 0 Å². The average Bonchev–Trinajstić information content (AvgIpc) is 2.76. The van der Waals surface area contributed by atoms with Crippen molar-refractivity contribution in [2.24, 2.45) is 0 Å². The maximum atomic E-state index is 5.55. The summed E-state index contributed by atoms with van der Waals surface area (Å²) in [5.74, 6) is 0. The molecule has 2 aromatic rings. The van der Waals surface area contributed by atoms with Crippen LogP contribution in [0.25, 0.3) is 0 Å². The lowest BCUT2D eigenvalue weighted by Crippen LogP contribution is -2.27. The second-order valence-corrected chi connectivity index (χ2v) is 8.05. The molecule has 0 aliphatic carbocycles. The zero-order chi connectivity index (χ0) is 10.7. The summed E-state index contributed by atoms with van der Waals surface area (Å²) in [6.07, 6.45) is 0. The van der Waals surface area contributed by atoms with Gasteiger partial charge in [0.1, 0.15) is 9.51 Å². The van der Waals surface area contributed by atoms with E-state index in [1.165, 1.54) is 0 Å². The Morgan fingerprint density at radius 2 is 1.33 bits per heavy atom. The van der Waals surface area contributed by atoms with Crippen molar-refractivity contribution in [2.75, 3.05) is 0 Å². The SMILES string of the molecule is [AlH2][c]1nn[c]([AlH][O][AlH][c]2nn[c]([AlH2])o2)o1. The average molecular weight is 266 g/mol. The van der Waals surface area contributed by atoms with Crippen LogP contribution in [-0.2, 0) is 2.84 Å². The van der Waals surface area contributed by atoms with Crippen LogP contribution in [0.5, 0.6) is 0 Å². The monoisotopic (exact) mass is 266 g/mol. The third-order valence-electron chi connectivity index (χ3n) is 1.59. The van der Waals surface area contributed by atoms with Crippen LogP contribution in [0, 0.1) is 0 Å². The summed E-state index contributed by atoms with van der Waals surface area (Å²) >= 11 is -0.228. The maximum absolute atomic E-state index is 5.55. The Morgan fingerprint density at radius 3 is 1.67 bits per heavy atom. The van der Waals surface area contributed by atoms with Gasteiger partial charge in [0, 0.05) is 0 Å². The Morgan fingerprint density at radius 1 is 0.867 bits per heavy atom. The summed E-state index contributed by atoms with van der Waals surface area (Å²) in [6.45, 7) is 0. The van der Waals surface area contributed by atoms with Crippen LogP contribution in [0.3, 0.4) is 0 Å². The van der Waals surface area contributed by atoms with E-state index in [0.29, 0.717) is 19.0 Å². The zero-order valence-corrected chi connectivity index (χ0v) is 15.3. The molecule has 72 valence electrons. The standard InChI is InChI=1S/2C2N2O.4Al.O.6H/c2*1-3-4-2-5-1;;;;;;;;;;;. The Kier molecular flexibility index (Phi) is 4.44. The third kappa shape index (κ3) is 3.70. The highest BCUT2D eigenvalue weighted by atomic mass is 27.2. The molecule has 0 fully saturated rings. The highest BCUT2D eigenvalue weighted by molar-refractivity contribution is 6.57. The smallest absolute Gasteiger partial charge is 0.533 e. The van der Waals surface area contributed by atoms with Gasteiger partial charge in [-0.1, -0.05) is 0 Å². The molecule has 7 nitrogen and oxygen atoms in total. The van der Waals surface area contributed by atoms with Crippen molar-refractivity contribution in [1.82, 2.24) is 20.4 Å². The molecule has 11 heteroatoms. The first kappa shape index (κ1) is 11.8. The fourth-order valence-electron chi connectivity index (χ4n) is 1.02. The van der Waals surface area contributed by atoms with E-state index >= 15 is 0 Å². The van der Waals surface area contributed by atoms with Gasteiger partial charge in [0.15, 0.2) is 9.51 Å². The number of hydrogen-bond donors (Lipinski definition) is 0. The van der Waals surface area contributed by atoms with Crippen molar-refractivity contribution in [3.63, 3.8) is 0 Å². The van der Waals surface area contributed by atoms with E-state index in [9.17, 15) is 0 Å². The van der Waals surface area contributed by atoms with Crippen LogP contribution < -0.4 is 19.0 Å². The first-order chi connectivity index (χ1) is 7.24. The lowest BCUT2D eigenvalue weighted by molar-refractivity contribution is 0.577. The predicted octanol–water partition coefficient (Wildman–Crippen LogP) is -6.36. The molecule has 2 heterocycles. The van der Waals surface area contributed by atoms with E-state index in [0.717, 1.165) is 32.6 Å². The number of rotatable bonds is 4. The molecule has 0 atom stereocenters. The minimum atomic E-state index is -0.898. The first-order valence-corrected chi connectivity index (χ1v) is 8.96. The van der Waals surface area contributed by atoms with E-state index < -0.39 is 31.1 Å². The molecule has 0 amide bonds. The largest absolute Gasteiger partial charge is 0.629 e. The van der Waals surface area contributed by atoms with E-state index in [-0.39, 0.29) is 0 Å². The molecular weight excluding hydrogens is 260 g/mol. The highest BCUT2D eigenvalue weighted by Crippen LogP contribution is 1.71. The lowest BCUT2D eigenvalue weighted by atomic mass is 11.5. The van der Waals surface area contributed by atoms with Gasteiger partial charge in [0.2, 0.25) is 0 Å². The van der Waals surface area contributed by atoms with Gasteiger partial charge < -0.3 is 11.7 Å². The van der Waals surface area contributed by atoms with Gasteiger partial charge in [0.05, 0.1) is 0 Å². The van der Waals surface area contributed by atoms with E-state index in [4.69, 9.17) is 11.7 Å². The predicted molar refractivity (Wildman–Crippen MR) is 59.6 cm³/mol. The zero-order valence-electron chi connectivity index (χ0n) is 8.43. The molecule has 0 bridgehead atoms. The van der Waals surface area contributed by atoms with E-state index in [1.807, 2.05) is 0 Å². The molecule has 0 radical (unpaired) electrons. The molecule has 0 N–H and O–H groups in total. The van der Waals surface area contributed by atoms with Crippen LogP contribution >= 0.6 is 0 Å². The van der Waals surface area contributed by atoms with Crippen LogP contribution in [0.1, 0.15) is 0 Å². The quantitative estimate of drug-likeness (QED) is 0.508. The van der Waals surface area contributed by atoms with E-state index in [1.54, 1.807) is 0 Å². The van der Waals surface area contributed by atoms with Crippen molar-refractivity contribution >= 4 is 82.7 Å². The van der Waals surface area contributed by atoms with Gasteiger partial charge in [0.25, 0.3) is 0 Å². The molecule has 2 aromatic heterocycles. The van der Waals surface area contributed by atoms with Crippen LogP contribution in [0.4, 0.5) is 0 Å². The molecule has 15 heavy (non-hydrogen) atoms. The van der Waals surface area contributed by atoms with Gasteiger partial charge in [-0.05, 0) is 0 Å². The van der Waals surface area contributed by atoms with Crippen molar-refractivity contribution in [2.45, 2.75) is 0 Å². The normalized spacial score (nSPS) is 10.1. The minimum Gasteiger partial charge on any atom is -0.629 e. The summed E-state index contributed by atoms with van der Waals surface area (Å²) in [6, 6.07) is 0. The summed E-state index contributed by atoms with van der Waals surface area (Å²) in [4.78, 5) is 0. The Balaban J connectivity index is 1.80. The maximum Gasteiger partial charge on any atom is 0.533 e. The summed E-state index contributed by atoms with van der Waals surface area (Å²) < 4.78 is 18.8. The Hall–Kier alpha value is 0.370. The molecule has 0 aliphatic rings. The Bertz CT molecular complexity index is 404. The van der Waals surface area contributed by atoms with Crippen molar-refractivity contribution in [1.29, 1.82) is 0 Å². The van der Waals surface area contributed by atoms with Crippen LogP contribution in [0.2, 0.25) is 0 Å². The lowest BCUT2D eigenvalue weighted by Gasteiger charge is -1.93. The second-order valence-electron chi connectivity index (χ2n) is 2.92. The van der Waals surface area contributed by atoms with E-state index in [2.05, 4.69) is 20.4 Å². The molecule has 0 saturated heterocycles. The molecule has 2 rings (SSSR count). The second kappa shape index (κ2) is 5.62. The number of nitrogens with zero attached hydrogens (tertiary/aromatic N) is 4. The molecule has 0 spiro atoms. The summed E-state index contributed by atoms with van der Waals surface area (Å²) in [5, 5.41) is 15.4. The van der Waals surface area contributed by atoms with Gasteiger partial charge in [-0.2, -0.15) is 0 Å². The van der Waals surface area contributed by atoms with Crippen LogP contribution in [-0.4, -0.2) is 84.1 Å². The topological polar surface area (TPSA) is 87.1 Å². The van der Waals surface area contributed by atoms with Gasteiger partial charge in [-0.15, -0.1) is 20.4 Å². The van der Waals surface area contributed by atoms with Crippen molar-refractivity contribution in [3.05, 3.63) is 0 Å². The van der Waals surface area contributed by atoms with Gasteiger partial charge in [-0.25, -0.2) is 0 Å². The highest BCUT2D eigenvalue weighted by Gasteiger charge is 2.12. The molecule has 0 aromatic carbocycles. The minimum absolute atomic E-state index is 0.651. The molecule has 0 aliphatic heterocycles. The fourth-order valence-corrected chi connectivity index (χ4v) is 4.86. The van der Waals surface area contributed by atoms with Gasteiger partial charge >= 0.3 is 63.7 Å². The van der Waals surface area contributed by atoms with Crippen molar-refractivity contribution < 1.29 is 11.7 Å². The third-order valence-corrected chi connectivity index (χ3v) is 5.09. The fraction of sp³-hybridized carbons (Fsp3) is 0. The molecule has 0 saturated carbocycles. The van der Waals surface area contributed by atoms with Crippen LogP contribution in [0.15, 0.2) is 8.83 Å². The van der Waals surface area contributed by atoms with Gasteiger partial charge in [-0.3, -0.25) is 0 Å². The Labute approximate surface area is 114 Å². The molecular formula is C4H6Al4N4O3. The first-order valence-electron chi connectivity index (χ1n) is 4.40.